The number of rotatable bonds is 4. The third-order valence-corrected chi connectivity index (χ3v) is 3.33. The molecular formula is C14H20N2O3. The average Bonchev–Trinajstić information content (AvgIpc) is 2.78. The van der Waals surface area contributed by atoms with Crippen molar-refractivity contribution in [3.05, 3.63) is 23.8 Å². The van der Waals surface area contributed by atoms with Gasteiger partial charge in [-0.25, -0.2) is 0 Å². The molecule has 19 heavy (non-hydrogen) atoms. The summed E-state index contributed by atoms with van der Waals surface area (Å²) in [7, 11) is 1.54. The average molecular weight is 264 g/mol. The number of phenolic OH excluding ortho intramolecular Hbond substituents is 1. The number of aromatic hydroxyl groups is 1. The first-order valence-electron chi connectivity index (χ1n) is 6.44. The summed E-state index contributed by atoms with van der Waals surface area (Å²) in [6.07, 6.45) is 0.981. The van der Waals surface area contributed by atoms with Crippen molar-refractivity contribution in [3.8, 4) is 11.5 Å². The van der Waals surface area contributed by atoms with Crippen molar-refractivity contribution in [1.29, 1.82) is 0 Å². The van der Waals surface area contributed by atoms with Gasteiger partial charge in [0.2, 0.25) is 5.91 Å². The van der Waals surface area contributed by atoms with Crippen LogP contribution in [0.1, 0.15) is 18.9 Å². The van der Waals surface area contributed by atoms with E-state index in [1.807, 2.05) is 12.1 Å². The lowest BCUT2D eigenvalue weighted by molar-refractivity contribution is -0.119. The summed E-state index contributed by atoms with van der Waals surface area (Å²) in [6, 6.07) is 5.64. The fourth-order valence-electron chi connectivity index (χ4n) is 2.46. The van der Waals surface area contributed by atoms with Gasteiger partial charge in [-0.2, -0.15) is 0 Å². The Morgan fingerprint density at radius 3 is 3.05 bits per heavy atom. The van der Waals surface area contributed by atoms with Gasteiger partial charge in [0, 0.05) is 32.6 Å². The molecule has 0 aromatic heterocycles. The number of carbonyl (C=O) groups is 1. The fourth-order valence-corrected chi connectivity index (χ4v) is 2.46. The van der Waals surface area contributed by atoms with Crippen LogP contribution in [0.4, 0.5) is 0 Å². The number of hydrogen-bond acceptors (Lipinski definition) is 4. The summed E-state index contributed by atoms with van der Waals surface area (Å²) in [6.45, 7) is 4.18. The van der Waals surface area contributed by atoms with Gasteiger partial charge in [0.05, 0.1) is 7.11 Å². The molecule has 5 nitrogen and oxygen atoms in total. The third-order valence-electron chi connectivity index (χ3n) is 3.33. The van der Waals surface area contributed by atoms with Crippen LogP contribution in [0, 0.1) is 0 Å². The van der Waals surface area contributed by atoms with Crippen LogP contribution < -0.4 is 10.1 Å². The van der Waals surface area contributed by atoms with Gasteiger partial charge in [-0.3, -0.25) is 9.69 Å². The van der Waals surface area contributed by atoms with Crippen LogP contribution in [0.25, 0.3) is 0 Å². The molecule has 1 aromatic rings. The number of nitrogens with one attached hydrogen (secondary N) is 1. The Morgan fingerprint density at radius 2 is 2.37 bits per heavy atom. The number of phenols is 1. The van der Waals surface area contributed by atoms with Crippen LogP contribution in [0.2, 0.25) is 0 Å². The second-order valence-corrected chi connectivity index (χ2v) is 4.93. The molecule has 1 amide bonds. The molecule has 0 spiro atoms. The Hall–Kier alpha value is -1.75. The van der Waals surface area contributed by atoms with Crippen LogP contribution in [0.3, 0.4) is 0 Å². The van der Waals surface area contributed by atoms with Crippen molar-refractivity contribution < 1.29 is 14.6 Å². The number of amides is 1. The summed E-state index contributed by atoms with van der Waals surface area (Å²) in [5.41, 5.74) is 1.10. The summed E-state index contributed by atoms with van der Waals surface area (Å²) >= 11 is 0. The lowest BCUT2D eigenvalue weighted by Crippen LogP contribution is -2.35. The van der Waals surface area contributed by atoms with E-state index in [0.29, 0.717) is 5.75 Å². The lowest BCUT2D eigenvalue weighted by Gasteiger charge is -2.17. The molecule has 1 aliphatic heterocycles. The van der Waals surface area contributed by atoms with E-state index in [4.69, 9.17) is 4.74 Å². The van der Waals surface area contributed by atoms with E-state index in [2.05, 4.69) is 10.2 Å². The Labute approximate surface area is 113 Å². The maximum atomic E-state index is 11.0. The number of carbonyl (C=O) groups excluding carboxylic acids is 1. The van der Waals surface area contributed by atoms with Crippen molar-refractivity contribution >= 4 is 5.91 Å². The van der Waals surface area contributed by atoms with Gasteiger partial charge >= 0.3 is 0 Å². The SMILES string of the molecule is COc1cc(CN2CCC(NC(C)=O)C2)ccc1O. The zero-order chi connectivity index (χ0) is 13.8. The number of ether oxygens (including phenoxy) is 1. The van der Waals surface area contributed by atoms with E-state index in [1.54, 1.807) is 20.1 Å². The standard InChI is InChI=1S/C14H20N2O3/c1-10(17)15-12-5-6-16(9-12)8-11-3-4-13(18)14(7-11)19-2/h3-4,7,12,18H,5-6,8-9H2,1-2H3,(H,15,17). The fraction of sp³-hybridized carbons (Fsp3) is 0.500. The van der Waals surface area contributed by atoms with Crippen LogP contribution >= 0.6 is 0 Å². The lowest BCUT2D eigenvalue weighted by atomic mass is 10.2. The van der Waals surface area contributed by atoms with Crippen LogP contribution in [0.5, 0.6) is 11.5 Å². The van der Waals surface area contributed by atoms with Crippen molar-refractivity contribution in [2.24, 2.45) is 0 Å². The van der Waals surface area contributed by atoms with Crippen molar-refractivity contribution in [3.63, 3.8) is 0 Å². The molecular weight excluding hydrogens is 244 g/mol. The van der Waals surface area contributed by atoms with Crippen molar-refractivity contribution in [1.82, 2.24) is 10.2 Å². The van der Waals surface area contributed by atoms with Gasteiger partial charge in [-0.15, -0.1) is 0 Å². The van der Waals surface area contributed by atoms with Gasteiger partial charge in [-0.1, -0.05) is 6.07 Å². The van der Waals surface area contributed by atoms with Gasteiger partial charge in [-0.05, 0) is 24.1 Å². The molecule has 1 unspecified atom stereocenters. The molecule has 0 aliphatic carbocycles. The summed E-state index contributed by atoms with van der Waals surface area (Å²) < 4.78 is 5.10. The monoisotopic (exact) mass is 264 g/mol. The summed E-state index contributed by atoms with van der Waals surface area (Å²) in [5, 5.41) is 12.5. The molecule has 104 valence electrons. The van der Waals surface area contributed by atoms with E-state index in [9.17, 15) is 9.90 Å². The Balaban J connectivity index is 1.93. The molecule has 0 radical (unpaired) electrons. The normalized spacial score (nSPS) is 19.4. The molecule has 1 aromatic carbocycles. The molecule has 2 N–H and O–H groups in total. The van der Waals surface area contributed by atoms with Crippen molar-refractivity contribution in [2.75, 3.05) is 20.2 Å². The smallest absolute Gasteiger partial charge is 0.217 e. The number of benzene rings is 1. The predicted molar refractivity (Wildman–Crippen MR) is 72.2 cm³/mol. The first-order valence-corrected chi connectivity index (χ1v) is 6.44. The molecule has 0 bridgehead atoms. The predicted octanol–water partition coefficient (Wildman–Crippen LogP) is 1.11. The van der Waals surface area contributed by atoms with E-state index in [1.165, 1.54) is 0 Å². The minimum atomic E-state index is 0.0261. The van der Waals surface area contributed by atoms with Crippen LogP contribution in [-0.2, 0) is 11.3 Å². The van der Waals surface area contributed by atoms with E-state index >= 15 is 0 Å². The number of hydrogen-bond donors (Lipinski definition) is 2. The van der Waals surface area contributed by atoms with Crippen LogP contribution in [0.15, 0.2) is 18.2 Å². The molecule has 1 fully saturated rings. The Morgan fingerprint density at radius 1 is 1.58 bits per heavy atom. The summed E-state index contributed by atoms with van der Waals surface area (Å²) in [5.74, 6) is 0.678. The minimum absolute atomic E-state index is 0.0261. The first-order chi connectivity index (χ1) is 9.08. The first kappa shape index (κ1) is 13.7. The van der Waals surface area contributed by atoms with Crippen molar-refractivity contribution in [2.45, 2.75) is 25.9 Å². The van der Waals surface area contributed by atoms with Gasteiger partial charge in [0.1, 0.15) is 0 Å². The second-order valence-electron chi connectivity index (χ2n) is 4.93. The minimum Gasteiger partial charge on any atom is -0.504 e. The maximum absolute atomic E-state index is 11.0. The van der Waals surface area contributed by atoms with Gasteiger partial charge in [0.15, 0.2) is 11.5 Å². The molecule has 1 saturated heterocycles. The van der Waals surface area contributed by atoms with Crippen LogP contribution in [-0.4, -0.2) is 42.2 Å². The Bertz CT molecular complexity index is 462. The number of likely N-dealkylation sites (tertiary alicyclic amines) is 1. The number of nitrogens with zero attached hydrogens (tertiary/aromatic N) is 1. The molecule has 0 saturated carbocycles. The zero-order valence-corrected chi connectivity index (χ0v) is 11.3. The van der Waals surface area contributed by atoms with E-state index < -0.39 is 0 Å². The molecule has 2 rings (SSSR count). The Kier molecular flexibility index (Phi) is 4.27. The quantitative estimate of drug-likeness (QED) is 0.855. The summed E-state index contributed by atoms with van der Waals surface area (Å²) in [4.78, 5) is 13.3. The highest BCUT2D eigenvalue weighted by Gasteiger charge is 2.22. The highest BCUT2D eigenvalue weighted by Crippen LogP contribution is 2.27. The van der Waals surface area contributed by atoms with Gasteiger partial charge < -0.3 is 15.2 Å². The highest BCUT2D eigenvalue weighted by atomic mass is 16.5. The van der Waals surface area contributed by atoms with Gasteiger partial charge in [0.25, 0.3) is 0 Å². The topological polar surface area (TPSA) is 61.8 Å². The largest absolute Gasteiger partial charge is 0.504 e. The third kappa shape index (κ3) is 3.61. The molecule has 1 atom stereocenters. The maximum Gasteiger partial charge on any atom is 0.217 e. The molecule has 5 heteroatoms. The zero-order valence-electron chi connectivity index (χ0n) is 11.3. The number of methoxy groups -OCH3 is 1. The highest BCUT2D eigenvalue weighted by molar-refractivity contribution is 5.73. The molecule has 1 aliphatic rings. The molecule has 1 heterocycles. The second kappa shape index (κ2) is 5.93. The van der Waals surface area contributed by atoms with E-state index in [0.717, 1.165) is 31.6 Å². The van der Waals surface area contributed by atoms with E-state index in [-0.39, 0.29) is 17.7 Å².